The predicted molar refractivity (Wildman–Crippen MR) is 115 cm³/mol. The Kier molecular flexibility index (Phi) is 5.63. The second-order valence-electron chi connectivity index (χ2n) is 6.98. The van der Waals surface area contributed by atoms with Crippen LogP contribution in [0.15, 0.2) is 72.8 Å². The molecular formula is C23H26SeSi. The first-order valence-corrected chi connectivity index (χ1v) is 12.4. The molecule has 0 amide bonds. The first-order chi connectivity index (χ1) is 12.1. The van der Waals surface area contributed by atoms with Crippen LogP contribution in [0.3, 0.4) is 0 Å². The Balaban J connectivity index is 2.28. The summed E-state index contributed by atoms with van der Waals surface area (Å²) in [5, 5.41) is 5.67. The molecule has 0 N–H and O–H groups in total. The third-order valence-corrected chi connectivity index (χ3v) is 11.5. The molecule has 3 rings (SSSR count). The molecule has 0 bridgehead atoms. The molecule has 3 aromatic rings. The van der Waals surface area contributed by atoms with Crippen molar-refractivity contribution in [1.82, 2.24) is 0 Å². The van der Waals surface area contributed by atoms with E-state index in [0.717, 1.165) is 5.32 Å². The van der Waals surface area contributed by atoms with Gasteiger partial charge in [0.25, 0.3) is 0 Å². The summed E-state index contributed by atoms with van der Waals surface area (Å²) in [7, 11) is -2.01. The number of hydrogen-bond acceptors (Lipinski definition) is 0. The minimum atomic E-state index is -2.01. The number of hydrogen-bond donors (Lipinski definition) is 0. The van der Waals surface area contributed by atoms with Gasteiger partial charge in [0.05, 0.1) is 0 Å². The maximum absolute atomic E-state index is 2.80. The molecule has 0 radical (unpaired) electrons. The van der Waals surface area contributed by atoms with Gasteiger partial charge in [-0.1, -0.05) is 0 Å². The molecule has 3 aromatic carbocycles. The Morgan fingerprint density at radius 1 is 0.560 bits per heavy atom. The number of benzene rings is 3. The summed E-state index contributed by atoms with van der Waals surface area (Å²) in [5.74, 6) is 0. The number of aryl methyl sites for hydroxylation is 3. The van der Waals surface area contributed by atoms with Gasteiger partial charge in [0.15, 0.2) is 0 Å². The van der Waals surface area contributed by atoms with Crippen molar-refractivity contribution in [2.75, 3.05) is 0 Å². The van der Waals surface area contributed by atoms with Gasteiger partial charge in [-0.25, -0.2) is 0 Å². The Morgan fingerprint density at radius 2 is 0.840 bits per heavy atom. The molecule has 0 spiro atoms. The quantitative estimate of drug-likeness (QED) is 0.448. The average molecular weight is 410 g/mol. The van der Waals surface area contributed by atoms with Gasteiger partial charge in [-0.3, -0.25) is 0 Å². The molecule has 0 aromatic heterocycles. The molecule has 0 heterocycles. The van der Waals surface area contributed by atoms with Gasteiger partial charge in [0.1, 0.15) is 0 Å². The van der Waals surface area contributed by atoms with Crippen molar-refractivity contribution in [1.29, 1.82) is 0 Å². The van der Waals surface area contributed by atoms with Gasteiger partial charge in [-0.05, 0) is 0 Å². The van der Waals surface area contributed by atoms with E-state index in [1.54, 1.807) is 0 Å². The zero-order valence-electron chi connectivity index (χ0n) is 15.3. The molecule has 0 saturated heterocycles. The van der Waals surface area contributed by atoms with Crippen molar-refractivity contribution < 1.29 is 0 Å². The van der Waals surface area contributed by atoms with Gasteiger partial charge in [-0.2, -0.15) is 0 Å². The van der Waals surface area contributed by atoms with E-state index in [2.05, 4.69) is 110 Å². The van der Waals surface area contributed by atoms with E-state index >= 15 is 0 Å². The Hall–Kier alpha value is -1.60. The summed E-state index contributed by atoms with van der Waals surface area (Å²) >= 11 is 2.80. The molecule has 0 atom stereocenters. The van der Waals surface area contributed by atoms with Crippen molar-refractivity contribution in [3.05, 3.63) is 89.5 Å². The molecule has 0 aliphatic carbocycles. The van der Waals surface area contributed by atoms with Gasteiger partial charge in [0, 0.05) is 0 Å². The molecule has 0 nitrogen and oxygen atoms in total. The minimum absolute atomic E-state index is 1.13. The SMILES string of the molecule is Cc1ccc([Si](CC[SeH])(c2ccc(C)cc2)c2ccc(C)cc2)cc1. The van der Waals surface area contributed by atoms with E-state index in [1.165, 1.54) is 38.3 Å². The van der Waals surface area contributed by atoms with E-state index in [1.807, 2.05) is 0 Å². The van der Waals surface area contributed by atoms with Crippen molar-refractivity contribution in [2.24, 2.45) is 0 Å². The molecule has 2 heteroatoms. The molecule has 25 heavy (non-hydrogen) atoms. The monoisotopic (exact) mass is 410 g/mol. The predicted octanol–water partition coefficient (Wildman–Crippen LogP) is 3.40. The van der Waals surface area contributed by atoms with Crippen LogP contribution in [0.25, 0.3) is 0 Å². The van der Waals surface area contributed by atoms with Crippen LogP contribution in [0.1, 0.15) is 16.7 Å². The van der Waals surface area contributed by atoms with Crippen molar-refractivity contribution in [3.8, 4) is 0 Å². The van der Waals surface area contributed by atoms with Crippen LogP contribution < -0.4 is 15.6 Å². The summed E-state index contributed by atoms with van der Waals surface area (Å²) < 4.78 is 0. The average Bonchev–Trinajstić information content (AvgIpc) is 2.62. The van der Waals surface area contributed by atoms with Crippen molar-refractivity contribution >= 4 is 39.6 Å². The van der Waals surface area contributed by atoms with Crippen LogP contribution in [0.4, 0.5) is 0 Å². The van der Waals surface area contributed by atoms with Crippen LogP contribution in [0.2, 0.25) is 11.4 Å². The van der Waals surface area contributed by atoms with E-state index in [9.17, 15) is 0 Å². The first kappa shape index (κ1) is 18.2. The molecule has 0 aliphatic rings. The van der Waals surface area contributed by atoms with E-state index in [-0.39, 0.29) is 0 Å². The van der Waals surface area contributed by atoms with Crippen LogP contribution >= 0.6 is 0 Å². The summed E-state index contributed by atoms with van der Waals surface area (Å²) in [6.45, 7) is 6.50. The fraction of sp³-hybridized carbons (Fsp3) is 0.217. The third-order valence-electron chi connectivity index (χ3n) is 5.12. The fourth-order valence-electron chi connectivity index (χ4n) is 3.61. The van der Waals surface area contributed by atoms with Gasteiger partial charge in [0.2, 0.25) is 0 Å². The number of rotatable bonds is 5. The second-order valence-corrected chi connectivity index (χ2v) is 12.0. The standard InChI is InChI=1S/C23H26SeSi/c1-18-4-10-21(11-5-18)25(17-16-24,22-12-6-19(2)7-13-22)23-14-8-20(3)9-15-23/h4-15,24H,16-17H2,1-3H3. The van der Waals surface area contributed by atoms with Gasteiger partial charge < -0.3 is 0 Å². The molecule has 128 valence electrons. The second kappa shape index (κ2) is 7.74. The Morgan fingerprint density at radius 3 is 1.08 bits per heavy atom. The first-order valence-electron chi connectivity index (χ1n) is 8.88. The zero-order chi connectivity index (χ0) is 17.9. The Labute approximate surface area is 161 Å². The van der Waals surface area contributed by atoms with Crippen molar-refractivity contribution in [2.45, 2.75) is 32.1 Å². The van der Waals surface area contributed by atoms with Crippen LogP contribution in [0, 0.1) is 20.8 Å². The summed E-state index contributed by atoms with van der Waals surface area (Å²) in [6, 6.07) is 29.0. The van der Waals surface area contributed by atoms with Gasteiger partial charge in [-0.15, -0.1) is 0 Å². The maximum atomic E-state index is 2.80. The van der Waals surface area contributed by atoms with Crippen LogP contribution in [-0.4, -0.2) is 24.1 Å². The topological polar surface area (TPSA) is 0 Å². The zero-order valence-corrected chi connectivity index (χ0v) is 18.2. The van der Waals surface area contributed by atoms with E-state index in [0.29, 0.717) is 0 Å². The molecule has 0 unspecified atom stereocenters. The normalized spacial score (nSPS) is 11.5. The molecule has 0 saturated carbocycles. The molecule has 0 fully saturated rings. The third kappa shape index (κ3) is 3.67. The van der Waals surface area contributed by atoms with E-state index in [4.69, 9.17) is 0 Å². The van der Waals surface area contributed by atoms with Gasteiger partial charge >= 0.3 is 161 Å². The van der Waals surface area contributed by atoms with Crippen molar-refractivity contribution in [3.63, 3.8) is 0 Å². The summed E-state index contributed by atoms with van der Waals surface area (Å²) in [5.41, 5.74) is 3.98. The van der Waals surface area contributed by atoms with Crippen LogP contribution in [0.5, 0.6) is 0 Å². The summed E-state index contributed by atoms with van der Waals surface area (Å²) in [4.78, 5) is 0. The fourth-order valence-corrected chi connectivity index (χ4v) is 10.1. The molecular weight excluding hydrogens is 383 g/mol. The van der Waals surface area contributed by atoms with Crippen LogP contribution in [-0.2, 0) is 0 Å². The van der Waals surface area contributed by atoms with E-state index < -0.39 is 8.07 Å². The summed E-state index contributed by atoms with van der Waals surface area (Å²) in [6.07, 6.45) is 0. The molecule has 0 aliphatic heterocycles. The Bertz CT molecular complexity index is 707.